The normalized spacial score (nSPS) is 13.2. The molecule has 3 rings (SSSR count). The molecular weight excluding hydrogens is 316 g/mol. The van der Waals surface area contributed by atoms with E-state index in [1.54, 1.807) is 26.2 Å². The number of urea groups is 1. The van der Waals surface area contributed by atoms with Crippen molar-refractivity contribution in [1.82, 2.24) is 15.2 Å². The van der Waals surface area contributed by atoms with E-state index >= 15 is 0 Å². The molecule has 0 unspecified atom stereocenters. The third-order valence-electron chi connectivity index (χ3n) is 4.12. The standard InChI is InChI=1S/C19H22N4O2/c1-23(2)18(24)17-11-16(9-10-20-17)22-19(25)21-12-13-3-5-14(6-4-13)15-7-8-15/h3-6,9-11,15H,7-8,12H2,1-2H3,(H2,20,21,22,25). The molecule has 1 aliphatic rings. The lowest BCUT2D eigenvalue weighted by molar-refractivity contribution is 0.0822. The fourth-order valence-corrected chi connectivity index (χ4v) is 2.54. The number of carbonyl (C=O) groups excluding carboxylic acids is 2. The van der Waals surface area contributed by atoms with Crippen molar-refractivity contribution in [2.45, 2.75) is 25.3 Å². The van der Waals surface area contributed by atoms with Crippen molar-refractivity contribution in [2.24, 2.45) is 0 Å². The topological polar surface area (TPSA) is 74.3 Å². The van der Waals surface area contributed by atoms with Crippen LogP contribution in [0.2, 0.25) is 0 Å². The van der Waals surface area contributed by atoms with E-state index < -0.39 is 0 Å². The van der Waals surface area contributed by atoms with Gasteiger partial charge in [0.05, 0.1) is 0 Å². The van der Waals surface area contributed by atoms with Crippen molar-refractivity contribution in [3.63, 3.8) is 0 Å². The zero-order valence-electron chi connectivity index (χ0n) is 14.5. The number of benzene rings is 1. The number of carbonyl (C=O) groups is 2. The average Bonchev–Trinajstić information content (AvgIpc) is 3.45. The molecule has 1 aromatic carbocycles. The lowest BCUT2D eigenvalue weighted by Crippen LogP contribution is -2.28. The summed E-state index contributed by atoms with van der Waals surface area (Å²) < 4.78 is 0. The minimum atomic E-state index is -0.319. The van der Waals surface area contributed by atoms with Gasteiger partial charge in [0.2, 0.25) is 0 Å². The molecule has 0 aliphatic heterocycles. The summed E-state index contributed by atoms with van der Waals surface area (Å²) in [5, 5.41) is 5.54. The third kappa shape index (κ3) is 4.56. The van der Waals surface area contributed by atoms with Gasteiger partial charge in [-0.1, -0.05) is 24.3 Å². The summed E-state index contributed by atoms with van der Waals surface area (Å²) in [6.07, 6.45) is 4.07. The fraction of sp³-hybridized carbons (Fsp3) is 0.316. The van der Waals surface area contributed by atoms with Crippen molar-refractivity contribution < 1.29 is 9.59 Å². The highest BCUT2D eigenvalue weighted by Crippen LogP contribution is 2.39. The maximum absolute atomic E-state index is 12.0. The van der Waals surface area contributed by atoms with Crippen LogP contribution in [0.5, 0.6) is 0 Å². The zero-order valence-corrected chi connectivity index (χ0v) is 14.5. The molecule has 2 aromatic rings. The second kappa shape index (κ2) is 7.34. The summed E-state index contributed by atoms with van der Waals surface area (Å²) in [5.74, 6) is 0.524. The first-order chi connectivity index (χ1) is 12.0. The minimum absolute atomic E-state index is 0.209. The molecule has 25 heavy (non-hydrogen) atoms. The molecule has 1 heterocycles. The Hall–Kier alpha value is -2.89. The number of hydrogen-bond acceptors (Lipinski definition) is 3. The third-order valence-corrected chi connectivity index (χ3v) is 4.12. The van der Waals surface area contributed by atoms with E-state index in [4.69, 9.17) is 0 Å². The Morgan fingerprint density at radius 1 is 1.16 bits per heavy atom. The average molecular weight is 338 g/mol. The number of amides is 3. The van der Waals surface area contributed by atoms with Crippen LogP contribution in [0.1, 0.15) is 40.4 Å². The van der Waals surface area contributed by atoms with Crippen LogP contribution in [0.15, 0.2) is 42.6 Å². The number of nitrogens with zero attached hydrogens (tertiary/aromatic N) is 2. The second-order valence-corrected chi connectivity index (χ2v) is 6.45. The molecule has 3 amide bonds. The van der Waals surface area contributed by atoms with Gasteiger partial charge in [0, 0.05) is 32.5 Å². The molecule has 130 valence electrons. The van der Waals surface area contributed by atoms with Crippen molar-refractivity contribution in [3.05, 3.63) is 59.4 Å². The Bertz CT molecular complexity index is 767. The van der Waals surface area contributed by atoms with E-state index in [1.165, 1.54) is 29.5 Å². The Labute approximate surface area is 147 Å². The van der Waals surface area contributed by atoms with Crippen LogP contribution < -0.4 is 10.6 Å². The van der Waals surface area contributed by atoms with Gasteiger partial charge in [-0.05, 0) is 42.0 Å². The molecule has 0 radical (unpaired) electrons. The van der Waals surface area contributed by atoms with Gasteiger partial charge in [-0.15, -0.1) is 0 Å². The summed E-state index contributed by atoms with van der Waals surface area (Å²) in [6, 6.07) is 11.3. The molecule has 1 aliphatic carbocycles. The number of hydrogen-bond donors (Lipinski definition) is 2. The highest BCUT2D eigenvalue weighted by Gasteiger charge is 2.22. The maximum Gasteiger partial charge on any atom is 0.319 e. The summed E-state index contributed by atoms with van der Waals surface area (Å²) in [7, 11) is 3.32. The number of pyridine rings is 1. The Morgan fingerprint density at radius 2 is 1.88 bits per heavy atom. The van der Waals surface area contributed by atoms with E-state index in [9.17, 15) is 9.59 Å². The van der Waals surface area contributed by atoms with Crippen LogP contribution >= 0.6 is 0 Å². The van der Waals surface area contributed by atoms with Gasteiger partial charge in [-0.3, -0.25) is 9.78 Å². The van der Waals surface area contributed by atoms with Crippen molar-refractivity contribution in [1.29, 1.82) is 0 Å². The zero-order chi connectivity index (χ0) is 17.8. The lowest BCUT2D eigenvalue weighted by atomic mass is 10.1. The molecule has 6 heteroatoms. The monoisotopic (exact) mass is 338 g/mol. The number of aromatic nitrogens is 1. The molecule has 0 bridgehead atoms. The predicted octanol–water partition coefficient (Wildman–Crippen LogP) is 2.98. The highest BCUT2D eigenvalue weighted by atomic mass is 16.2. The van der Waals surface area contributed by atoms with Gasteiger partial charge in [-0.25, -0.2) is 4.79 Å². The molecule has 0 atom stereocenters. The van der Waals surface area contributed by atoms with E-state index in [1.807, 2.05) is 12.1 Å². The SMILES string of the molecule is CN(C)C(=O)c1cc(NC(=O)NCc2ccc(C3CC3)cc2)ccn1. The first kappa shape index (κ1) is 17.0. The van der Waals surface area contributed by atoms with E-state index in [-0.39, 0.29) is 11.9 Å². The second-order valence-electron chi connectivity index (χ2n) is 6.45. The van der Waals surface area contributed by atoms with Crippen LogP contribution in [0.4, 0.5) is 10.5 Å². The van der Waals surface area contributed by atoms with Crippen LogP contribution in [0.3, 0.4) is 0 Å². The molecule has 2 N–H and O–H groups in total. The number of nitrogens with one attached hydrogen (secondary N) is 2. The van der Waals surface area contributed by atoms with E-state index in [0.717, 1.165) is 11.5 Å². The van der Waals surface area contributed by atoms with Crippen LogP contribution in [0.25, 0.3) is 0 Å². The Balaban J connectivity index is 1.53. The molecule has 0 spiro atoms. The van der Waals surface area contributed by atoms with Crippen molar-refractivity contribution in [2.75, 3.05) is 19.4 Å². The predicted molar refractivity (Wildman–Crippen MR) is 96.5 cm³/mol. The Kier molecular flexibility index (Phi) is 4.97. The first-order valence-corrected chi connectivity index (χ1v) is 8.34. The van der Waals surface area contributed by atoms with E-state index in [0.29, 0.717) is 17.9 Å². The maximum atomic E-state index is 12.0. The summed E-state index contributed by atoms with van der Waals surface area (Å²) in [5.41, 5.74) is 3.25. The molecule has 0 saturated heterocycles. The summed E-state index contributed by atoms with van der Waals surface area (Å²) in [6.45, 7) is 0.450. The molecular formula is C19H22N4O2. The van der Waals surface area contributed by atoms with Gasteiger partial charge in [0.25, 0.3) is 5.91 Å². The first-order valence-electron chi connectivity index (χ1n) is 8.34. The molecule has 1 saturated carbocycles. The fourth-order valence-electron chi connectivity index (χ4n) is 2.54. The number of anilines is 1. The molecule has 1 fully saturated rings. The molecule has 1 aromatic heterocycles. The van der Waals surface area contributed by atoms with Gasteiger partial charge in [0.1, 0.15) is 5.69 Å². The summed E-state index contributed by atoms with van der Waals surface area (Å²) in [4.78, 5) is 29.4. The summed E-state index contributed by atoms with van der Waals surface area (Å²) >= 11 is 0. The van der Waals surface area contributed by atoms with Gasteiger partial charge < -0.3 is 15.5 Å². The van der Waals surface area contributed by atoms with Crippen LogP contribution in [0, 0.1) is 0 Å². The molecule has 6 nitrogen and oxygen atoms in total. The van der Waals surface area contributed by atoms with Crippen LogP contribution in [-0.4, -0.2) is 35.9 Å². The van der Waals surface area contributed by atoms with Gasteiger partial charge in [0.15, 0.2) is 0 Å². The van der Waals surface area contributed by atoms with Crippen molar-refractivity contribution >= 4 is 17.6 Å². The largest absolute Gasteiger partial charge is 0.343 e. The number of rotatable bonds is 5. The van der Waals surface area contributed by atoms with Crippen molar-refractivity contribution in [3.8, 4) is 0 Å². The van der Waals surface area contributed by atoms with Gasteiger partial charge >= 0.3 is 6.03 Å². The lowest BCUT2D eigenvalue weighted by Gasteiger charge is -2.11. The quantitative estimate of drug-likeness (QED) is 0.880. The minimum Gasteiger partial charge on any atom is -0.343 e. The van der Waals surface area contributed by atoms with Gasteiger partial charge in [-0.2, -0.15) is 0 Å². The van der Waals surface area contributed by atoms with E-state index in [2.05, 4.69) is 27.8 Å². The Morgan fingerprint density at radius 3 is 2.52 bits per heavy atom. The smallest absolute Gasteiger partial charge is 0.319 e. The van der Waals surface area contributed by atoms with Crippen LogP contribution in [-0.2, 0) is 6.54 Å². The highest BCUT2D eigenvalue weighted by molar-refractivity contribution is 5.95.